The Morgan fingerprint density at radius 2 is 1.90 bits per heavy atom. The molecule has 0 spiro atoms. The normalized spacial score (nSPS) is 18.8. The average molecular weight is 430 g/mol. The van der Waals surface area contributed by atoms with E-state index < -0.39 is 11.7 Å². The van der Waals surface area contributed by atoms with Crippen LogP contribution in [0.1, 0.15) is 47.9 Å². The fourth-order valence-electron chi connectivity index (χ4n) is 3.90. The predicted molar refractivity (Wildman–Crippen MR) is 111 cm³/mol. The SMILES string of the molecule is Cc1ccc(C2=NO[C@@H](CN(Cc3cccc(C(F)(F)F)c3)C(=O)C3CCC3)C2)cc1. The molecule has 0 aromatic heterocycles. The van der Waals surface area contributed by atoms with E-state index in [4.69, 9.17) is 4.84 Å². The number of oxime groups is 1. The summed E-state index contributed by atoms with van der Waals surface area (Å²) in [5, 5.41) is 4.19. The van der Waals surface area contributed by atoms with Gasteiger partial charge >= 0.3 is 6.18 Å². The highest BCUT2D eigenvalue weighted by molar-refractivity contribution is 6.01. The van der Waals surface area contributed by atoms with Gasteiger partial charge in [0.15, 0.2) is 6.10 Å². The fraction of sp³-hybridized carbons (Fsp3) is 0.417. The number of rotatable bonds is 6. The second-order valence-corrected chi connectivity index (χ2v) is 8.38. The van der Waals surface area contributed by atoms with Crippen molar-refractivity contribution in [3.8, 4) is 0 Å². The summed E-state index contributed by atoms with van der Waals surface area (Å²) in [5.41, 5.74) is 2.70. The monoisotopic (exact) mass is 430 g/mol. The predicted octanol–water partition coefficient (Wildman–Crippen LogP) is 5.34. The van der Waals surface area contributed by atoms with Gasteiger partial charge in [0.1, 0.15) is 0 Å². The smallest absolute Gasteiger partial charge is 0.390 e. The molecule has 1 heterocycles. The van der Waals surface area contributed by atoms with Gasteiger partial charge < -0.3 is 9.74 Å². The Morgan fingerprint density at radius 3 is 2.55 bits per heavy atom. The van der Waals surface area contributed by atoms with Crippen molar-refractivity contribution in [1.82, 2.24) is 4.90 Å². The fourth-order valence-corrected chi connectivity index (χ4v) is 3.90. The third kappa shape index (κ3) is 5.09. The molecule has 1 aliphatic heterocycles. The standard InChI is InChI=1S/C24H25F3N2O2/c1-16-8-10-18(11-9-16)22-13-21(31-28-22)15-29(23(30)19-5-3-6-19)14-17-4-2-7-20(12-17)24(25,26)27/h2,4,7-12,19,21H,3,5-6,13-15H2,1H3/t21-/m1/s1. The summed E-state index contributed by atoms with van der Waals surface area (Å²) in [7, 11) is 0. The maximum Gasteiger partial charge on any atom is 0.416 e. The van der Waals surface area contributed by atoms with Crippen LogP contribution in [0.2, 0.25) is 0 Å². The van der Waals surface area contributed by atoms with E-state index in [0.717, 1.165) is 48.2 Å². The summed E-state index contributed by atoms with van der Waals surface area (Å²) in [4.78, 5) is 20.2. The van der Waals surface area contributed by atoms with Crippen LogP contribution < -0.4 is 0 Å². The quantitative estimate of drug-likeness (QED) is 0.621. The molecule has 1 amide bonds. The molecule has 0 N–H and O–H groups in total. The Labute approximate surface area is 179 Å². The van der Waals surface area contributed by atoms with Gasteiger partial charge in [0.05, 0.1) is 17.8 Å². The molecule has 31 heavy (non-hydrogen) atoms. The highest BCUT2D eigenvalue weighted by Crippen LogP contribution is 2.32. The van der Waals surface area contributed by atoms with Gasteiger partial charge in [0, 0.05) is 18.9 Å². The van der Waals surface area contributed by atoms with E-state index >= 15 is 0 Å². The Bertz CT molecular complexity index is 966. The molecule has 0 saturated heterocycles. The summed E-state index contributed by atoms with van der Waals surface area (Å²) in [6.45, 7) is 2.43. The molecule has 1 aliphatic carbocycles. The molecule has 0 bridgehead atoms. The van der Waals surface area contributed by atoms with Crippen molar-refractivity contribution in [3.63, 3.8) is 0 Å². The van der Waals surface area contributed by atoms with Crippen LogP contribution in [0, 0.1) is 12.8 Å². The van der Waals surface area contributed by atoms with Crippen molar-refractivity contribution < 1.29 is 22.8 Å². The number of carbonyl (C=O) groups is 1. The van der Waals surface area contributed by atoms with Crippen LogP contribution in [0.15, 0.2) is 53.7 Å². The number of aryl methyl sites for hydroxylation is 1. The number of alkyl halides is 3. The van der Waals surface area contributed by atoms with E-state index in [1.54, 1.807) is 11.0 Å². The van der Waals surface area contributed by atoms with E-state index in [2.05, 4.69) is 5.16 Å². The van der Waals surface area contributed by atoms with Gasteiger partial charge in [-0.15, -0.1) is 0 Å². The van der Waals surface area contributed by atoms with Crippen molar-refractivity contribution in [2.75, 3.05) is 6.54 Å². The van der Waals surface area contributed by atoms with Crippen molar-refractivity contribution >= 4 is 11.6 Å². The summed E-state index contributed by atoms with van der Waals surface area (Å²) >= 11 is 0. The van der Waals surface area contributed by atoms with E-state index in [-0.39, 0.29) is 24.5 Å². The van der Waals surface area contributed by atoms with Crippen LogP contribution in [-0.4, -0.2) is 29.2 Å². The molecule has 0 radical (unpaired) electrons. The molecule has 2 aliphatic rings. The first-order valence-electron chi connectivity index (χ1n) is 10.5. The van der Waals surface area contributed by atoms with Crippen LogP contribution in [-0.2, 0) is 22.4 Å². The Morgan fingerprint density at radius 1 is 1.16 bits per heavy atom. The Kier molecular flexibility index (Phi) is 6.03. The molecule has 4 rings (SSSR count). The minimum atomic E-state index is -4.41. The molecule has 7 heteroatoms. The maximum absolute atomic E-state index is 13.1. The lowest BCUT2D eigenvalue weighted by Crippen LogP contribution is -2.42. The molecular weight excluding hydrogens is 405 g/mol. The summed E-state index contributed by atoms with van der Waals surface area (Å²) < 4.78 is 39.3. The first kappa shape index (κ1) is 21.4. The van der Waals surface area contributed by atoms with Gasteiger partial charge in [-0.2, -0.15) is 13.2 Å². The molecule has 2 aromatic rings. The first-order chi connectivity index (χ1) is 14.8. The van der Waals surface area contributed by atoms with Gasteiger partial charge in [-0.3, -0.25) is 4.79 Å². The van der Waals surface area contributed by atoms with Crippen molar-refractivity contribution in [1.29, 1.82) is 0 Å². The van der Waals surface area contributed by atoms with E-state index in [0.29, 0.717) is 18.5 Å². The van der Waals surface area contributed by atoms with Gasteiger partial charge in [0.2, 0.25) is 5.91 Å². The molecule has 0 unspecified atom stereocenters. The highest BCUT2D eigenvalue weighted by Gasteiger charge is 2.34. The number of benzene rings is 2. The molecular formula is C24H25F3N2O2. The number of hydrogen-bond acceptors (Lipinski definition) is 3. The van der Waals surface area contributed by atoms with Crippen LogP contribution in [0.5, 0.6) is 0 Å². The largest absolute Gasteiger partial charge is 0.416 e. The van der Waals surface area contributed by atoms with Crippen LogP contribution in [0.25, 0.3) is 0 Å². The molecule has 1 atom stereocenters. The number of nitrogens with zero attached hydrogens (tertiary/aromatic N) is 2. The number of hydrogen-bond donors (Lipinski definition) is 0. The zero-order chi connectivity index (χ0) is 22.0. The molecule has 164 valence electrons. The average Bonchev–Trinajstić information content (AvgIpc) is 3.15. The van der Waals surface area contributed by atoms with E-state index in [1.807, 2.05) is 31.2 Å². The second-order valence-electron chi connectivity index (χ2n) is 8.38. The van der Waals surface area contributed by atoms with Crippen LogP contribution >= 0.6 is 0 Å². The molecule has 2 aromatic carbocycles. The third-order valence-corrected chi connectivity index (χ3v) is 5.94. The lowest BCUT2D eigenvalue weighted by molar-refractivity contribution is -0.140. The second kappa shape index (κ2) is 8.73. The minimum Gasteiger partial charge on any atom is -0.390 e. The summed E-state index contributed by atoms with van der Waals surface area (Å²) in [6, 6.07) is 13.2. The number of carbonyl (C=O) groups excluding carboxylic acids is 1. The maximum atomic E-state index is 13.1. The summed E-state index contributed by atoms with van der Waals surface area (Å²) in [5.74, 6) is -0.0688. The van der Waals surface area contributed by atoms with Gasteiger partial charge in [-0.1, -0.05) is 53.5 Å². The third-order valence-electron chi connectivity index (χ3n) is 5.94. The number of halogens is 3. The minimum absolute atomic E-state index is 0.0175. The van der Waals surface area contributed by atoms with Crippen LogP contribution in [0.3, 0.4) is 0 Å². The van der Waals surface area contributed by atoms with Gasteiger partial charge in [-0.05, 0) is 43.0 Å². The van der Waals surface area contributed by atoms with Crippen molar-refractivity contribution in [2.24, 2.45) is 11.1 Å². The molecule has 1 saturated carbocycles. The lowest BCUT2D eigenvalue weighted by atomic mass is 9.84. The van der Waals surface area contributed by atoms with Crippen molar-refractivity contribution in [3.05, 3.63) is 70.8 Å². The van der Waals surface area contributed by atoms with Crippen LogP contribution in [0.4, 0.5) is 13.2 Å². The number of amides is 1. The molecule has 4 nitrogen and oxygen atoms in total. The van der Waals surface area contributed by atoms with Gasteiger partial charge in [-0.25, -0.2) is 0 Å². The molecule has 1 fully saturated rings. The zero-order valence-electron chi connectivity index (χ0n) is 17.4. The van der Waals surface area contributed by atoms with E-state index in [1.165, 1.54) is 6.07 Å². The first-order valence-corrected chi connectivity index (χ1v) is 10.5. The van der Waals surface area contributed by atoms with Gasteiger partial charge in [0.25, 0.3) is 0 Å². The van der Waals surface area contributed by atoms with Crippen molar-refractivity contribution in [2.45, 2.75) is 51.4 Å². The zero-order valence-corrected chi connectivity index (χ0v) is 17.4. The summed E-state index contributed by atoms with van der Waals surface area (Å²) in [6.07, 6.45) is -1.51. The van der Waals surface area contributed by atoms with E-state index in [9.17, 15) is 18.0 Å². The topological polar surface area (TPSA) is 41.9 Å². The Balaban J connectivity index is 1.46. The lowest BCUT2D eigenvalue weighted by Gasteiger charge is -2.32. The highest BCUT2D eigenvalue weighted by atomic mass is 19.4. The Hall–Kier alpha value is -2.83.